The molecule has 1 aliphatic heterocycles. The van der Waals surface area contributed by atoms with Crippen LogP contribution in [-0.4, -0.2) is 49.7 Å². The molecule has 0 radical (unpaired) electrons. The highest BCUT2D eigenvalue weighted by molar-refractivity contribution is 7.89. The third-order valence-electron chi connectivity index (χ3n) is 4.92. The van der Waals surface area contributed by atoms with E-state index < -0.39 is 10.0 Å². The Balaban J connectivity index is 1.49. The normalized spacial score (nSPS) is 15.4. The minimum atomic E-state index is -3.71. The van der Waals surface area contributed by atoms with Crippen molar-refractivity contribution in [1.82, 2.24) is 9.21 Å². The van der Waals surface area contributed by atoms with Crippen LogP contribution in [0, 0.1) is 0 Å². The first-order chi connectivity index (χ1) is 14.0. The summed E-state index contributed by atoms with van der Waals surface area (Å²) in [5.41, 5.74) is 1.62. The Kier molecular flexibility index (Phi) is 5.45. The van der Waals surface area contributed by atoms with E-state index in [-0.39, 0.29) is 47.8 Å². The summed E-state index contributed by atoms with van der Waals surface area (Å²) in [4.78, 5) is 14.7. The standard InChI is InChI=1S/C21H19ClN2O4S/c22-18-8-4-5-9-19(18)29(26,27)24-13-11-23(12-14-24)21(25)20-17(10-15-28-20)16-6-2-1-3-7-16/h1-10,15H,11-14H2. The molecule has 8 heteroatoms. The van der Waals surface area contributed by atoms with E-state index in [4.69, 9.17) is 16.0 Å². The summed E-state index contributed by atoms with van der Waals surface area (Å²) >= 11 is 6.07. The van der Waals surface area contributed by atoms with E-state index >= 15 is 0 Å². The van der Waals surface area contributed by atoms with E-state index in [9.17, 15) is 13.2 Å². The number of furan rings is 1. The van der Waals surface area contributed by atoms with Crippen LogP contribution in [0.5, 0.6) is 0 Å². The number of amides is 1. The molecule has 0 saturated carbocycles. The molecule has 0 unspecified atom stereocenters. The number of halogens is 1. The minimum Gasteiger partial charge on any atom is -0.459 e. The Hall–Kier alpha value is -2.61. The van der Waals surface area contributed by atoms with Crippen LogP contribution in [0.25, 0.3) is 11.1 Å². The fraction of sp³-hybridized carbons (Fsp3) is 0.190. The lowest BCUT2D eigenvalue weighted by molar-refractivity contribution is 0.0667. The van der Waals surface area contributed by atoms with E-state index in [2.05, 4.69) is 0 Å². The second-order valence-electron chi connectivity index (χ2n) is 6.66. The molecule has 0 atom stereocenters. The maximum Gasteiger partial charge on any atom is 0.290 e. The van der Waals surface area contributed by atoms with Crippen molar-refractivity contribution in [1.29, 1.82) is 0 Å². The van der Waals surface area contributed by atoms with Gasteiger partial charge in [-0.3, -0.25) is 4.79 Å². The largest absolute Gasteiger partial charge is 0.459 e. The van der Waals surface area contributed by atoms with E-state index in [1.165, 1.54) is 16.6 Å². The maximum atomic E-state index is 13.0. The van der Waals surface area contributed by atoms with Gasteiger partial charge in [0.15, 0.2) is 5.76 Å². The topological polar surface area (TPSA) is 70.8 Å². The third-order valence-corrected chi connectivity index (χ3v) is 7.32. The molecule has 150 valence electrons. The van der Waals surface area contributed by atoms with Crippen LogP contribution in [-0.2, 0) is 10.0 Å². The van der Waals surface area contributed by atoms with Crippen molar-refractivity contribution >= 4 is 27.5 Å². The first-order valence-electron chi connectivity index (χ1n) is 9.15. The Morgan fingerprint density at radius 2 is 1.55 bits per heavy atom. The Morgan fingerprint density at radius 3 is 2.24 bits per heavy atom. The monoisotopic (exact) mass is 430 g/mol. The zero-order chi connectivity index (χ0) is 20.4. The summed E-state index contributed by atoms with van der Waals surface area (Å²) in [7, 11) is -3.71. The summed E-state index contributed by atoms with van der Waals surface area (Å²) in [6, 6.07) is 17.7. The van der Waals surface area contributed by atoms with E-state index in [1.807, 2.05) is 30.3 Å². The number of hydrogen-bond acceptors (Lipinski definition) is 4. The molecule has 1 aliphatic rings. The smallest absolute Gasteiger partial charge is 0.290 e. The lowest BCUT2D eigenvalue weighted by Gasteiger charge is -2.33. The molecule has 0 bridgehead atoms. The van der Waals surface area contributed by atoms with E-state index in [0.717, 1.165) is 11.1 Å². The van der Waals surface area contributed by atoms with Crippen LogP contribution < -0.4 is 0 Å². The number of nitrogens with zero attached hydrogens (tertiary/aromatic N) is 2. The van der Waals surface area contributed by atoms with Crippen molar-refractivity contribution in [3.8, 4) is 11.1 Å². The first kappa shape index (κ1) is 19.7. The Bertz CT molecular complexity index is 1120. The number of benzene rings is 2. The lowest BCUT2D eigenvalue weighted by Crippen LogP contribution is -2.50. The van der Waals surface area contributed by atoms with Crippen LogP contribution in [0.3, 0.4) is 0 Å². The SMILES string of the molecule is O=C(c1occc1-c1ccccc1)N1CCN(S(=O)(=O)c2ccccc2Cl)CC1. The molecule has 4 rings (SSSR count). The van der Waals surface area contributed by atoms with Gasteiger partial charge < -0.3 is 9.32 Å². The van der Waals surface area contributed by atoms with Gasteiger partial charge in [0.25, 0.3) is 5.91 Å². The molecule has 0 aliphatic carbocycles. The number of carbonyl (C=O) groups is 1. The first-order valence-corrected chi connectivity index (χ1v) is 11.0. The average molecular weight is 431 g/mol. The molecule has 1 saturated heterocycles. The van der Waals surface area contributed by atoms with Crippen molar-refractivity contribution in [3.05, 3.63) is 77.7 Å². The third kappa shape index (κ3) is 3.81. The molecular formula is C21H19ClN2O4S. The molecule has 6 nitrogen and oxygen atoms in total. The maximum absolute atomic E-state index is 13.0. The Labute approximate surface area is 174 Å². The molecule has 2 heterocycles. The lowest BCUT2D eigenvalue weighted by atomic mass is 10.1. The number of carbonyl (C=O) groups excluding carboxylic acids is 1. The van der Waals surface area contributed by atoms with Gasteiger partial charge in [-0.25, -0.2) is 8.42 Å². The number of rotatable bonds is 4. The minimum absolute atomic E-state index is 0.0823. The summed E-state index contributed by atoms with van der Waals surface area (Å²) in [6.45, 7) is 0.941. The van der Waals surface area contributed by atoms with Crippen LogP contribution in [0.15, 0.2) is 76.2 Å². The molecule has 3 aromatic rings. The fourth-order valence-corrected chi connectivity index (χ4v) is 5.30. The fourth-order valence-electron chi connectivity index (χ4n) is 3.39. The Morgan fingerprint density at radius 1 is 0.897 bits per heavy atom. The summed E-state index contributed by atoms with van der Waals surface area (Å²) in [5, 5.41) is 0.189. The number of sulfonamides is 1. The molecule has 1 fully saturated rings. The summed E-state index contributed by atoms with van der Waals surface area (Å²) in [5.74, 6) is 0.0160. The van der Waals surface area contributed by atoms with Crippen molar-refractivity contribution in [2.75, 3.05) is 26.2 Å². The van der Waals surface area contributed by atoms with Crippen molar-refractivity contribution < 1.29 is 17.6 Å². The molecular weight excluding hydrogens is 412 g/mol. The van der Waals surface area contributed by atoms with E-state index in [0.29, 0.717) is 0 Å². The predicted octanol–water partition coefficient (Wildman–Crippen LogP) is 3.75. The van der Waals surface area contributed by atoms with Crippen molar-refractivity contribution in [2.45, 2.75) is 4.90 Å². The highest BCUT2D eigenvalue weighted by atomic mass is 35.5. The second-order valence-corrected chi connectivity index (χ2v) is 8.97. The van der Waals surface area contributed by atoms with Gasteiger partial charge in [0, 0.05) is 31.7 Å². The molecule has 0 N–H and O–H groups in total. The molecule has 1 amide bonds. The number of piperazine rings is 1. The average Bonchev–Trinajstić information content (AvgIpc) is 3.24. The van der Waals surface area contributed by atoms with E-state index in [1.54, 1.807) is 29.2 Å². The van der Waals surface area contributed by atoms with Crippen molar-refractivity contribution in [3.63, 3.8) is 0 Å². The van der Waals surface area contributed by atoms with Gasteiger partial charge >= 0.3 is 0 Å². The zero-order valence-corrected chi connectivity index (χ0v) is 17.1. The quantitative estimate of drug-likeness (QED) is 0.632. The van der Waals surface area contributed by atoms with Gasteiger partial charge in [0.1, 0.15) is 4.90 Å². The van der Waals surface area contributed by atoms with Crippen LogP contribution in [0.1, 0.15) is 10.6 Å². The van der Waals surface area contributed by atoms with Gasteiger partial charge in [-0.05, 0) is 23.8 Å². The second kappa shape index (κ2) is 8.02. The van der Waals surface area contributed by atoms with Crippen LogP contribution in [0.2, 0.25) is 5.02 Å². The molecule has 29 heavy (non-hydrogen) atoms. The van der Waals surface area contributed by atoms with Gasteiger partial charge in [-0.1, -0.05) is 54.1 Å². The van der Waals surface area contributed by atoms with Crippen LogP contribution in [0.4, 0.5) is 0 Å². The van der Waals surface area contributed by atoms with Gasteiger partial charge in [0.2, 0.25) is 10.0 Å². The molecule has 1 aromatic heterocycles. The van der Waals surface area contributed by atoms with Gasteiger partial charge in [-0.15, -0.1) is 0 Å². The van der Waals surface area contributed by atoms with Crippen molar-refractivity contribution in [2.24, 2.45) is 0 Å². The van der Waals surface area contributed by atoms with Crippen LogP contribution >= 0.6 is 11.6 Å². The molecule has 0 spiro atoms. The predicted molar refractivity (Wildman–Crippen MR) is 110 cm³/mol. The van der Waals surface area contributed by atoms with Gasteiger partial charge in [0.05, 0.1) is 11.3 Å². The highest BCUT2D eigenvalue weighted by Crippen LogP contribution is 2.28. The number of hydrogen-bond donors (Lipinski definition) is 0. The van der Waals surface area contributed by atoms with Gasteiger partial charge in [-0.2, -0.15) is 4.31 Å². The zero-order valence-electron chi connectivity index (χ0n) is 15.5. The molecule has 2 aromatic carbocycles. The summed E-state index contributed by atoms with van der Waals surface area (Å²) < 4.78 is 32.6. The highest BCUT2D eigenvalue weighted by Gasteiger charge is 2.33. The summed E-state index contributed by atoms with van der Waals surface area (Å²) in [6.07, 6.45) is 1.49.